The SMILES string of the molecule is COc1ccc(-c2cc(C)c(C#N)c(=O)[nH]2)cc1[N+](=O)[O-]. The van der Waals surface area contributed by atoms with Gasteiger partial charge in [0.15, 0.2) is 5.75 Å². The zero-order valence-electron chi connectivity index (χ0n) is 11.3. The van der Waals surface area contributed by atoms with E-state index in [1.54, 1.807) is 19.1 Å². The number of aryl methyl sites for hydroxylation is 1. The topological polar surface area (TPSA) is 109 Å². The first kappa shape index (κ1) is 14.3. The Bertz CT molecular complexity index is 818. The monoisotopic (exact) mass is 285 g/mol. The number of aromatic nitrogens is 1. The summed E-state index contributed by atoms with van der Waals surface area (Å²) in [6.07, 6.45) is 0. The number of hydrogen-bond donors (Lipinski definition) is 1. The summed E-state index contributed by atoms with van der Waals surface area (Å²) >= 11 is 0. The van der Waals surface area contributed by atoms with Gasteiger partial charge in [0, 0.05) is 17.3 Å². The highest BCUT2D eigenvalue weighted by atomic mass is 16.6. The summed E-state index contributed by atoms with van der Waals surface area (Å²) in [5.41, 5.74) is 0.690. The van der Waals surface area contributed by atoms with Crippen LogP contribution < -0.4 is 10.3 Å². The van der Waals surface area contributed by atoms with Crippen LogP contribution in [0.4, 0.5) is 5.69 Å². The van der Waals surface area contributed by atoms with Crippen LogP contribution in [0.1, 0.15) is 11.1 Å². The molecule has 0 spiro atoms. The van der Waals surface area contributed by atoms with Crippen LogP contribution in [0.2, 0.25) is 0 Å². The van der Waals surface area contributed by atoms with Crippen LogP contribution in [0.5, 0.6) is 5.75 Å². The van der Waals surface area contributed by atoms with Crippen LogP contribution in [0, 0.1) is 28.4 Å². The van der Waals surface area contributed by atoms with Crippen LogP contribution in [0.25, 0.3) is 11.3 Å². The molecule has 0 saturated heterocycles. The highest BCUT2D eigenvalue weighted by molar-refractivity contribution is 5.67. The highest BCUT2D eigenvalue weighted by Gasteiger charge is 2.17. The van der Waals surface area contributed by atoms with Crippen molar-refractivity contribution in [1.82, 2.24) is 4.98 Å². The number of aromatic amines is 1. The van der Waals surface area contributed by atoms with E-state index in [2.05, 4.69) is 4.98 Å². The average molecular weight is 285 g/mol. The highest BCUT2D eigenvalue weighted by Crippen LogP contribution is 2.31. The Morgan fingerprint density at radius 3 is 2.62 bits per heavy atom. The average Bonchev–Trinajstić information content (AvgIpc) is 2.46. The molecule has 0 unspecified atom stereocenters. The molecule has 0 atom stereocenters. The van der Waals surface area contributed by atoms with E-state index in [0.717, 1.165) is 0 Å². The molecule has 106 valence electrons. The van der Waals surface area contributed by atoms with Crippen LogP contribution in [-0.2, 0) is 0 Å². The number of H-pyrrole nitrogens is 1. The van der Waals surface area contributed by atoms with Gasteiger partial charge in [-0.25, -0.2) is 0 Å². The quantitative estimate of drug-likeness (QED) is 0.686. The lowest BCUT2D eigenvalue weighted by Crippen LogP contribution is -2.12. The van der Waals surface area contributed by atoms with Gasteiger partial charge in [0.25, 0.3) is 5.56 Å². The number of rotatable bonds is 3. The van der Waals surface area contributed by atoms with E-state index in [1.165, 1.54) is 19.2 Å². The maximum atomic E-state index is 11.8. The number of nitro benzene ring substituents is 1. The van der Waals surface area contributed by atoms with E-state index in [4.69, 9.17) is 10.00 Å². The second-order valence-electron chi connectivity index (χ2n) is 4.33. The summed E-state index contributed by atoms with van der Waals surface area (Å²) in [7, 11) is 1.34. The Balaban J connectivity index is 2.63. The van der Waals surface area contributed by atoms with Gasteiger partial charge in [-0.2, -0.15) is 5.26 Å². The second-order valence-corrected chi connectivity index (χ2v) is 4.33. The van der Waals surface area contributed by atoms with Crippen LogP contribution in [0.15, 0.2) is 29.1 Å². The molecule has 2 rings (SSSR count). The summed E-state index contributed by atoms with van der Waals surface area (Å²) < 4.78 is 4.92. The standard InChI is InChI=1S/C14H11N3O4/c1-8-5-11(16-14(18)10(8)7-15)9-3-4-13(21-2)12(6-9)17(19)20/h3-6H,1-2H3,(H,16,18). The summed E-state index contributed by atoms with van der Waals surface area (Å²) in [6, 6.07) is 7.79. The van der Waals surface area contributed by atoms with Crippen molar-refractivity contribution in [3.05, 3.63) is 55.9 Å². The number of methoxy groups -OCH3 is 1. The van der Waals surface area contributed by atoms with E-state index >= 15 is 0 Å². The predicted molar refractivity (Wildman–Crippen MR) is 75.2 cm³/mol. The van der Waals surface area contributed by atoms with Gasteiger partial charge in [-0.15, -0.1) is 0 Å². The number of nitriles is 1. The van der Waals surface area contributed by atoms with E-state index in [9.17, 15) is 14.9 Å². The molecular formula is C14H11N3O4. The maximum Gasteiger partial charge on any atom is 0.311 e. The predicted octanol–water partition coefficient (Wildman–Crippen LogP) is 2.14. The Morgan fingerprint density at radius 2 is 2.10 bits per heavy atom. The van der Waals surface area contributed by atoms with Crippen molar-refractivity contribution < 1.29 is 9.66 Å². The third-order valence-corrected chi connectivity index (χ3v) is 3.03. The van der Waals surface area contributed by atoms with Crippen molar-refractivity contribution in [2.45, 2.75) is 6.92 Å². The fourth-order valence-electron chi connectivity index (χ4n) is 1.98. The Kier molecular flexibility index (Phi) is 3.71. The van der Waals surface area contributed by atoms with Gasteiger partial charge >= 0.3 is 5.69 Å². The zero-order chi connectivity index (χ0) is 15.6. The molecule has 1 heterocycles. The summed E-state index contributed by atoms with van der Waals surface area (Å²) in [4.78, 5) is 24.8. The van der Waals surface area contributed by atoms with Crippen molar-refractivity contribution in [2.24, 2.45) is 0 Å². The van der Waals surface area contributed by atoms with Crippen LogP contribution in [0.3, 0.4) is 0 Å². The number of benzene rings is 1. The third-order valence-electron chi connectivity index (χ3n) is 3.03. The summed E-state index contributed by atoms with van der Waals surface area (Å²) in [5.74, 6) is 0.136. The third kappa shape index (κ3) is 2.60. The molecule has 0 aliphatic heterocycles. The molecular weight excluding hydrogens is 274 g/mol. The molecule has 0 aliphatic carbocycles. The molecule has 0 amide bonds. The van der Waals surface area contributed by atoms with Gasteiger partial charge < -0.3 is 9.72 Å². The lowest BCUT2D eigenvalue weighted by molar-refractivity contribution is -0.385. The molecule has 7 heteroatoms. The molecule has 1 aromatic carbocycles. The van der Waals surface area contributed by atoms with E-state index in [-0.39, 0.29) is 17.0 Å². The van der Waals surface area contributed by atoms with Gasteiger partial charge in [-0.3, -0.25) is 14.9 Å². The summed E-state index contributed by atoms with van der Waals surface area (Å²) in [6.45, 7) is 1.63. The number of nitrogens with zero attached hydrogens (tertiary/aromatic N) is 2. The van der Waals surface area contributed by atoms with Gasteiger partial charge in [-0.05, 0) is 30.7 Å². The van der Waals surface area contributed by atoms with E-state index in [1.807, 2.05) is 6.07 Å². The number of nitrogens with one attached hydrogen (secondary N) is 1. The van der Waals surface area contributed by atoms with Crippen molar-refractivity contribution in [1.29, 1.82) is 5.26 Å². The molecule has 0 saturated carbocycles. The minimum atomic E-state index is -0.559. The van der Waals surface area contributed by atoms with Gasteiger partial charge in [0.2, 0.25) is 0 Å². The molecule has 0 aliphatic rings. The van der Waals surface area contributed by atoms with Crippen molar-refractivity contribution in [3.8, 4) is 23.1 Å². The lowest BCUT2D eigenvalue weighted by Gasteiger charge is -2.06. The first-order chi connectivity index (χ1) is 9.97. The lowest BCUT2D eigenvalue weighted by atomic mass is 10.1. The van der Waals surface area contributed by atoms with Gasteiger partial charge in [-0.1, -0.05) is 0 Å². The first-order valence-corrected chi connectivity index (χ1v) is 5.94. The largest absolute Gasteiger partial charge is 0.490 e. The van der Waals surface area contributed by atoms with Crippen LogP contribution >= 0.6 is 0 Å². The first-order valence-electron chi connectivity index (χ1n) is 5.94. The smallest absolute Gasteiger partial charge is 0.311 e. The molecule has 1 N–H and O–H groups in total. The number of nitro groups is 1. The Morgan fingerprint density at radius 1 is 1.38 bits per heavy atom. The molecule has 0 radical (unpaired) electrons. The Hall–Kier alpha value is -3.14. The van der Waals surface area contributed by atoms with Crippen molar-refractivity contribution in [3.63, 3.8) is 0 Å². The number of hydrogen-bond acceptors (Lipinski definition) is 5. The molecule has 1 aromatic heterocycles. The van der Waals surface area contributed by atoms with Gasteiger partial charge in [0.05, 0.1) is 12.0 Å². The van der Waals surface area contributed by atoms with Crippen molar-refractivity contribution in [2.75, 3.05) is 7.11 Å². The molecule has 21 heavy (non-hydrogen) atoms. The Labute approximate surface area is 119 Å². The number of ether oxygens (including phenoxy) is 1. The van der Waals surface area contributed by atoms with Gasteiger partial charge in [0.1, 0.15) is 11.6 Å². The molecule has 0 fully saturated rings. The minimum Gasteiger partial charge on any atom is -0.490 e. The van der Waals surface area contributed by atoms with E-state index in [0.29, 0.717) is 16.8 Å². The van der Waals surface area contributed by atoms with E-state index < -0.39 is 10.5 Å². The molecule has 0 bridgehead atoms. The fourth-order valence-corrected chi connectivity index (χ4v) is 1.98. The minimum absolute atomic E-state index is 0.0294. The zero-order valence-corrected chi connectivity index (χ0v) is 11.3. The molecule has 7 nitrogen and oxygen atoms in total. The molecule has 2 aromatic rings. The van der Waals surface area contributed by atoms with Crippen LogP contribution in [-0.4, -0.2) is 17.0 Å². The maximum absolute atomic E-state index is 11.8. The fraction of sp³-hybridized carbons (Fsp3) is 0.143. The number of pyridine rings is 1. The van der Waals surface area contributed by atoms with Crippen molar-refractivity contribution >= 4 is 5.69 Å². The summed E-state index contributed by atoms with van der Waals surface area (Å²) in [5, 5.41) is 19.9. The second kappa shape index (κ2) is 5.46. The normalized spacial score (nSPS) is 9.95.